The van der Waals surface area contributed by atoms with Gasteiger partial charge in [-0.25, -0.2) is 19.7 Å². The van der Waals surface area contributed by atoms with Crippen LogP contribution in [0.3, 0.4) is 0 Å². The summed E-state index contributed by atoms with van der Waals surface area (Å²) in [6.45, 7) is -0.535. The first-order valence-corrected chi connectivity index (χ1v) is 7.07. The van der Waals surface area contributed by atoms with E-state index in [1.807, 2.05) is 0 Å². The topological polar surface area (TPSA) is 81.3 Å². The van der Waals surface area contributed by atoms with Crippen LogP contribution in [-0.2, 0) is 6.18 Å². The molecule has 0 fully saturated rings. The maximum Gasteiger partial charge on any atom is 0.433 e. The first kappa shape index (κ1) is 19.3. The molecular formula is C15H13F5N4O2. The zero-order chi connectivity index (χ0) is 19.6. The number of para-hydroxylation sites is 1. The Hall–Kier alpha value is -2.98. The van der Waals surface area contributed by atoms with Gasteiger partial charge in [0.1, 0.15) is 5.69 Å². The molecule has 6 nitrogen and oxygen atoms in total. The van der Waals surface area contributed by atoms with Crippen LogP contribution < -0.4 is 15.4 Å². The van der Waals surface area contributed by atoms with Crippen molar-refractivity contribution in [1.29, 1.82) is 0 Å². The van der Waals surface area contributed by atoms with Gasteiger partial charge in [0.15, 0.2) is 5.75 Å². The molecule has 2 rings (SSSR count). The van der Waals surface area contributed by atoms with Crippen molar-refractivity contribution in [2.75, 3.05) is 4.90 Å². The summed E-state index contributed by atoms with van der Waals surface area (Å²) >= 11 is 0. The number of aryl methyl sites for hydroxylation is 2. The summed E-state index contributed by atoms with van der Waals surface area (Å²) in [4.78, 5) is 19.5. The van der Waals surface area contributed by atoms with Crippen LogP contribution in [0, 0.1) is 13.8 Å². The van der Waals surface area contributed by atoms with Crippen LogP contribution in [0.4, 0.5) is 38.4 Å². The Morgan fingerprint density at radius 3 is 2.42 bits per heavy atom. The second kappa shape index (κ2) is 7.10. The molecule has 1 aromatic heterocycles. The van der Waals surface area contributed by atoms with E-state index in [4.69, 9.17) is 5.73 Å². The summed E-state index contributed by atoms with van der Waals surface area (Å²) in [5, 5.41) is 0. The van der Waals surface area contributed by atoms with Gasteiger partial charge < -0.3 is 10.5 Å². The molecule has 2 aromatic rings. The lowest BCUT2D eigenvalue weighted by Gasteiger charge is -2.24. The second-order valence-electron chi connectivity index (χ2n) is 5.17. The Balaban J connectivity index is 2.70. The van der Waals surface area contributed by atoms with Crippen LogP contribution in [0.2, 0.25) is 0 Å². The van der Waals surface area contributed by atoms with Gasteiger partial charge in [-0.15, -0.1) is 0 Å². The molecule has 11 heteroatoms. The van der Waals surface area contributed by atoms with Crippen molar-refractivity contribution >= 4 is 17.7 Å². The number of carbonyl (C=O) groups is 1. The monoisotopic (exact) mass is 376 g/mol. The standard InChI is InChI=1S/C15H13F5N4O2/c1-7-4-3-5-9(26-12(16)17)11(7)24(13(21)25)14-22-8(2)6-10(23-14)15(18,19)20/h3-6,12H,1-2H3,(H2,21,25). The molecule has 0 aliphatic heterocycles. The summed E-state index contributed by atoms with van der Waals surface area (Å²) in [6.07, 6.45) is -4.81. The Morgan fingerprint density at radius 1 is 1.23 bits per heavy atom. The van der Waals surface area contributed by atoms with Gasteiger partial charge in [-0.1, -0.05) is 12.1 Å². The Kier molecular flexibility index (Phi) is 5.28. The normalized spacial score (nSPS) is 11.5. The fourth-order valence-corrected chi connectivity index (χ4v) is 2.22. The van der Waals surface area contributed by atoms with E-state index >= 15 is 0 Å². The van der Waals surface area contributed by atoms with Gasteiger partial charge in [-0.05, 0) is 31.5 Å². The molecule has 26 heavy (non-hydrogen) atoms. The van der Waals surface area contributed by atoms with Crippen molar-refractivity contribution in [3.63, 3.8) is 0 Å². The van der Waals surface area contributed by atoms with E-state index in [-0.39, 0.29) is 16.9 Å². The molecule has 140 valence electrons. The molecule has 0 bridgehead atoms. The molecular weight excluding hydrogens is 363 g/mol. The third-order valence-electron chi connectivity index (χ3n) is 3.19. The van der Waals surface area contributed by atoms with Gasteiger partial charge in [0.25, 0.3) is 0 Å². The van der Waals surface area contributed by atoms with Crippen LogP contribution in [0.25, 0.3) is 0 Å². The number of amides is 2. The molecule has 2 amide bonds. The van der Waals surface area contributed by atoms with E-state index in [2.05, 4.69) is 14.7 Å². The molecule has 1 aromatic carbocycles. The highest BCUT2D eigenvalue weighted by atomic mass is 19.4. The minimum atomic E-state index is -4.81. The number of nitrogens with two attached hydrogens (primary N) is 1. The quantitative estimate of drug-likeness (QED) is 0.820. The van der Waals surface area contributed by atoms with Gasteiger partial charge in [0, 0.05) is 5.69 Å². The largest absolute Gasteiger partial charge is 0.433 e. The summed E-state index contributed by atoms with van der Waals surface area (Å²) in [7, 11) is 0. The van der Waals surface area contributed by atoms with E-state index in [0.29, 0.717) is 11.0 Å². The number of hydrogen-bond acceptors (Lipinski definition) is 4. The Bertz CT molecular complexity index is 826. The van der Waals surface area contributed by atoms with Crippen LogP contribution in [0.15, 0.2) is 24.3 Å². The van der Waals surface area contributed by atoms with Gasteiger partial charge in [-0.3, -0.25) is 0 Å². The van der Waals surface area contributed by atoms with Crippen molar-refractivity contribution in [3.8, 4) is 5.75 Å². The molecule has 1 heterocycles. The molecule has 0 aliphatic rings. The highest BCUT2D eigenvalue weighted by Crippen LogP contribution is 2.37. The van der Waals surface area contributed by atoms with Crippen LogP contribution in [0.5, 0.6) is 5.75 Å². The predicted molar refractivity (Wildman–Crippen MR) is 81.3 cm³/mol. The molecule has 0 aliphatic carbocycles. The lowest BCUT2D eigenvalue weighted by molar-refractivity contribution is -0.141. The number of aromatic nitrogens is 2. The van der Waals surface area contributed by atoms with Gasteiger partial charge >= 0.3 is 18.8 Å². The van der Waals surface area contributed by atoms with E-state index < -0.39 is 36.2 Å². The number of anilines is 2. The summed E-state index contributed by atoms with van der Waals surface area (Å²) in [6, 6.07) is 3.33. The third kappa shape index (κ3) is 4.16. The molecule has 0 saturated heterocycles. The van der Waals surface area contributed by atoms with Crippen LogP contribution in [0.1, 0.15) is 17.0 Å². The summed E-state index contributed by atoms with van der Waals surface area (Å²) in [5.74, 6) is -1.17. The maximum absolute atomic E-state index is 13.0. The minimum absolute atomic E-state index is 0.0986. The second-order valence-corrected chi connectivity index (χ2v) is 5.17. The number of primary amides is 1. The van der Waals surface area contributed by atoms with Crippen LogP contribution in [-0.4, -0.2) is 22.6 Å². The first-order chi connectivity index (χ1) is 12.0. The smallest absolute Gasteiger partial charge is 0.433 e. The number of hydrogen-bond donors (Lipinski definition) is 1. The predicted octanol–water partition coefficient (Wildman–Crippen LogP) is 3.93. The minimum Gasteiger partial charge on any atom is -0.433 e. The lowest BCUT2D eigenvalue weighted by Crippen LogP contribution is -2.34. The average molecular weight is 376 g/mol. The van der Waals surface area contributed by atoms with Crippen LogP contribution >= 0.6 is 0 Å². The molecule has 0 atom stereocenters. The number of halogens is 5. The fraction of sp³-hybridized carbons (Fsp3) is 0.267. The highest BCUT2D eigenvalue weighted by Gasteiger charge is 2.35. The number of ether oxygens (including phenoxy) is 1. The average Bonchev–Trinajstić information content (AvgIpc) is 2.48. The van der Waals surface area contributed by atoms with Crippen molar-refractivity contribution < 1.29 is 31.5 Å². The van der Waals surface area contributed by atoms with Gasteiger partial charge in [0.2, 0.25) is 5.95 Å². The zero-order valence-corrected chi connectivity index (χ0v) is 13.5. The van der Waals surface area contributed by atoms with E-state index in [9.17, 15) is 26.7 Å². The molecule has 0 saturated carbocycles. The highest BCUT2D eigenvalue weighted by molar-refractivity contribution is 5.99. The molecule has 0 unspecified atom stereocenters. The maximum atomic E-state index is 13.0. The molecule has 0 spiro atoms. The van der Waals surface area contributed by atoms with Gasteiger partial charge in [-0.2, -0.15) is 22.0 Å². The molecule has 0 radical (unpaired) electrons. The van der Waals surface area contributed by atoms with E-state index in [0.717, 1.165) is 6.07 Å². The number of benzene rings is 1. The number of alkyl halides is 5. The first-order valence-electron chi connectivity index (χ1n) is 7.07. The summed E-state index contributed by atoms with van der Waals surface area (Å²) in [5.41, 5.74) is 3.81. The summed E-state index contributed by atoms with van der Waals surface area (Å²) < 4.78 is 68.6. The van der Waals surface area contributed by atoms with Crippen molar-refractivity contribution in [1.82, 2.24) is 9.97 Å². The van der Waals surface area contributed by atoms with Crippen molar-refractivity contribution in [2.45, 2.75) is 26.6 Å². The number of carbonyl (C=O) groups excluding carboxylic acids is 1. The van der Waals surface area contributed by atoms with E-state index in [1.54, 1.807) is 0 Å². The van der Waals surface area contributed by atoms with Gasteiger partial charge in [0.05, 0.1) is 5.69 Å². The number of rotatable bonds is 4. The van der Waals surface area contributed by atoms with Crippen molar-refractivity contribution in [3.05, 3.63) is 41.2 Å². The third-order valence-corrected chi connectivity index (χ3v) is 3.19. The SMILES string of the molecule is Cc1cc(C(F)(F)F)nc(N(C(N)=O)c2c(C)cccc2OC(F)F)n1. The van der Waals surface area contributed by atoms with E-state index in [1.165, 1.54) is 26.0 Å². The fourth-order valence-electron chi connectivity index (χ4n) is 2.22. The number of urea groups is 1. The Labute approximate surface area is 144 Å². The molecule has 2 N–H and O–H groups in total. The lowest BCUT2D eigenvalue weighted by atomic mass is 10.1. The number of nitrogens with zero attached hydrogens (tertiary/aromatic N) is 3. The zero-order valence-electron chi connectivity index (χ0n) is 13.5. The Morgan fingerprint density at radius 2 is 1.88 bits per heavy atom. The van der Waals surface area contributed by atoms with Crippen molar-refractivity contribution in [2.24, 2.45) is 5.73 Å².